The molecule has 0 saturated carbocycles. The molecule has 0 unspecified atom stereocenters. The predicted octanol–water partition coefficient (Wildman–Crippen LogP) is 6.81. The molecule has 0 atom stereocenters. The standard InChI is InChI=1S/C26H25N5OS3/c1-4-5-20-13-18(14-33-20)24-29-30-26(31(24)3)34-15-23(32)27-19-9-7-17(8-10-19)25-28-21-11-6-16(2)12-22(21)35-25/h6-14H,4-5,15H2,1-3H3,(H,27,32). The molecule has 178 valence electrons. The molecule has 35 heavy (non-hydrogen) atoms. The number of hydrogen-bond acceptors (Lipinski definition) is 7. The average molecular weight is 520 g/mol. The van der Waals surface area contributed by atoms with Crippen LogP contribution in [-0.2, 0) is 18.3 Å². The van der Waals surface area contributed by atoms with E-state index in [9.17, 15) is 4.79 Å². The maximum atomic E-state index is 12.6. The Hall–Kier alpha value is -3.01. The van der Waals surface area contributed by atoms with Gasteiger partial charge in [-0.15, -0.1) is 32.9 Å². The second-order valence-electron chi connectivity index (χ2n) is 8.32. The van der Waals surface area contributed by atoms with Crippen LogP contribution in [0, 0.1) is 6.92 Å². The van der Waals surface area contributed by atoms with Crippen LogP contribution in [0.4, 0.5) is 5.69 Å². The van der Waals surface area contributed by atoms with Crippen LogP contribution < -0.4 is 5.32 Å². The number of nitrogens with one attached hydrogen (secondary N) is 1. The van der Waals surface area contributed by atoms with E-state index in [4.69, 9.17) is 4.98 Å². The normalized spacial score (nSPS) is 11.3. The molecular weight excluding hydrogens is 495 g/mol. The van der Waals surface area contributed by atoms with Gasteiger partial charge in [0.15, 0.2) is 11.0 Å². The predicted molar refractivity (Wildman–Crippen MR) is 147 cm³/mol. The number of benzene rings is 2. The van der Waals surface area contributed by atoms with Crippen molar-refractivity contribution in [2.24, 2.45) is 7.05 Å². The van der Waals surface area contributed by atoms with Gasteiger partial charge in [0.25, 0.3) is 0 Å². The van der Waals surface area contributed by atoms with E-state index in [1.807, 2.05) is 35.9 Å². The van der Waals surface area contributed by atoms with Crippen molar-refractivity contribution in [1.82, 2.24) is 19.7 Å². The third kappa shape index (κ3) is 5.32. The Morgan fingerprint density at radius 1 is 1.09 bits per heavy atom. The van der Waals surface area contributed by atoms with Crippen LogP contribution in [0.5, 0.6) is 0 Å². The lowest BCUT2D eigenvalue weighted by atomic mass is 10.2. The monoisotopic (exact) mass is 519 g/mol. The lowest BCUT2D eigenvalue weighted by Crippen LogP contribution is -2.14. The summed E-state index contributed by atoms with van der Waals surface area (Å²) in [7, 11) is 1.94. The van der Waals surface area contributed by atoms with Crippen molar-refractivity contribution in [3.8, 4) is 22.0 Å². The molecule has 0 saturated heterocycles. The highest BCUT2D eigenvalue weighted by Gasteiger charge is 2.15. The fourth-order valence-electron chi connectivity index (χ4n) is 3.75. The highest BCUT2D eigenvalue weighted by Crippen LogP contribution is 2.31. The van der Waals surface area contributed by atoms with E-state index in [0.29, 0.717) is 0 Å². The van der Waals surface area contributed by atoms with Gasteiger partial charge in [0, 0.05) is 34.1 Å². The van der Waals surface area contributed by atoms with Crippen molar-refractivity contribution < 1.29 is 4.79 Å². The molecule has 0 radical (unpaired) electrons. The van der Waals surface area contributed by atoms with Gasteiger partial charge >= 0.3 is 0 Å². The van der Waals surface area contributed by atoms with Gasteiger partial charge in [-0.25, -0.2) is 4.98 Å². The van der Waals surface area contributed by atoms with E-state index in [1.54, 1.807) is 22.7 Å². The van der Waals surface area contributed by atoms with Crippen molar-refractivity contribution in [2.45, 2.75) is 31.8 Å². The molecule has 0 fully saturated rings. The van der Waals surface area contributed by atoms with Crippen LogP contribution in [0.2, 0.25) is 0 Å². The van der Waals surface area contributed by atoms with Gasteiger partial charge in [0.05, 0.1) is 16.0 Å². The first-order chi connectivity index (χ1) is 17.0. The molecule has 0 bridgehead atoms. The van der Waals surface area contributed by atoms with Gasteiger partial charge in [-0.2, -0.15) is 0 Å². The Kier molecular flexibility index (Phi) is 6.99. The third-order valence-corrected chi connectivity index (χ3v) is 8.62. The minimum absolute atomic E-state index is 0.0801. The fourth-order valence-corrected chi connectivity index (χ4v) is 6.50. The number of aromatic nitrogens is 4. The largest absolute Gasteiger partial charge is 0.325 e. The summed E-state index contributed by atoms with van der Waals surface area (Å²) in [4.78, 5) is 18.6. The van der Waals surface area contributed by atoms with E-state index in [2.05, 4.69) is 59.0 Å². The number of amides is 1. The van der Waals surface area contributed by atoms with Crippen LogP contribution >= 0.6 is 34.4 Å². The molecule has 5 rings (SSSR count). The molecular formula is C26H25N5OS3. The first-order valence-corrected chi connectivity index (χ1v) is 14.1. The Balaban J connectivity index is 1.19. The summed E-state index contributed by atoms with van der Waals surface area (Å²) in [6.07, 6.45) is 2.20. The first-order valence-electron chi connectivity index (χ1n) is 11.4. The number of anilines is 1. The zero-order chi connectivity index (χ0) is 24.4. The SMILES string of the molecule is CCCc1cc(-c2nnc(SCC(=O)Nc3ccc(-c4nc5ccc(C)cc5s4)cc3)n2C)cs1. The second kappa shape index (κ2) is 10.3. The summed E-state index contributed by atoms with van der Waals surface area (Å²) in [6, 6.07) is 16.3. The van der Waals surface area contributed by atoms with E-state index in [-0.39, 0.29) is 11.7 Å². The minimum Gasteiger partial charge on any atom is -0.325 e. The molecule has 3 aromatic heterocycles. The van der Waals surface area contributed by atoms with Crippen LogP contribution in [0.15, 0.2) is 59.1 Å². The summed E-state index contributed by atoms with van der Waals surface area (Å²) < 4.78 is 3.13. The summed E-state index contributed by atoms with van der Waals surface area (Å²) >= 11 is 4.81. The highest BCUT2D eigenvalue weighted by atomic mass is 32.2. The van der Waals surface area contributed by atoms with Crippen molar-refractivity contribution in [2.75, 3.05) is 11.1 Å². The number of nitrogens with zero attached hydrogens (tertiary/aromatic N) is 4. The highest BCUT2D eigenvalue weighted by molar-refractivity contribution is 7.99. The quantitative estimate of drug-likeness (QED) is 0.228. The Labute approximate surface area is 216 Å². The molecule has 2 aromatic carbocycles. The molecule has 9 heteroatoms. The zero-order valence-electron chi connectivity index (χ0n) is 19.7. The van der Waals surface area contributed by atoms with E-state index >= 15 is 0 Å². The number of fused-ring (bicyclic) bond motifs is 1. The lowest BCUT2D eigenvalue weighted by molar-refractivity contribution is -0.113. The number of thioether (sulfide) groups is 1. The number of carbonyl (C=O) groups excluding carboxylic acids is 1. The molecule has 5 aromatic rings. The lowest BCUT2D eigenvalue weighted by Gasteiger charge is -2.06. The van der Waals surface area contributed by atoms with E-state index in [1.165, 1.54) is 26.9 Å². The van der Waals surface area contributed by atoms with Gasteiger partial charge in [-0.1, -0.05) is 31.2 Å². The van der Waals surface area contributed by atoms with Crippen LogP contribution in [0.3, 0.4) is 0 Å². The molecule has 1 N–H and O–H groups in total. The first kappa shape index (κ1) is 23.7. The van der Waals surface area contributed by atoms with Crippen LogP contribution in [0.25, 0.3) is 32.2 Å². The second-order valence-corrected chi connectivity index (χ2v) is 11.3. The summed E-state index contributed by atoms with van der Waals surface area (Å²) in [5.41, 5.74) is 5.12. The maximum Gasteiger partial charge on any atom is 0.234 e. The van der Waals surface area contributed by atoms with Gasteiger partial charge in [-0.05, 0) is 61.4 Å². The van der Waals surface area contributed by atoms with Crippen LogP contribution in [-0.4, -0.2) is 31.4 Å². The molecule has 0 spiro atoms. The van der Waals surface area contributed by atoms with Gasteiger partial charge in [0.2, 0.25) is 5.91 Å². The number of thiazole rings is 1. The fraction of sp³-hybridized carbons (Fsp3) is 0.231. The number of hydrogen-bond donors (Lipinski definition) is 1. The molecule has 6 nitrogen and oxygen atoms in total. The number of aryl methyl sites for hydroxylation is 2. The Morgan fingerprint density at radius 3 is 2.71 bits per heavy atom. The van der Waals surface area contributed by atoms with Crippen molar-refractivity contribution >= 4 is 56.2 Å². The zero-order valence-corrected chi connectivity index (χ0v) is 22.2. The topological polar surface area (TPSA) is 72.7 Å². The van der Waals surface area contributed by atoms with E-state index in [0.717, 1.165) is 51.2 Å². The molecule has 1 amide bonds. The number of carbonyl (C=O) groups is 1. The molecule has 0 aliphatic carbocycles. The smallest absolute Gasteiger partial charge is 0.234 e. The van der Waals surface area contributed by atoms with Gasteiger partial charge < -0.3 is 9.88 Å². The van der Waals surface area contributed by atoms with Crippen molar-refractivity contribution in [3.05, 3.63) is 64.4 Å². The molecule has 0 aliphatic heterocycles. The maximum absolute atomic E-state index is 12.6. The minimum atomic E-state index is -0.0801. The molecule has 3 heterocycles. The number of rotatable bonds is 8. The summed E-state index contributed by atoms with van der Waals surface area (Å²) in [6.45, 7) is 4.27. The Bertz CT molecular complexity index is 1480. The molecule has 0 aliphatic rings. The third-order valence-electron chi connectivity index (χ3n) is 5.54. The van der Waals surface area contributed by atoms with E-state index < -0.39 is 0 Å². The summed E-state index contributed by atoms with van der Waals surface area (Å²) in [5, 5.41) is 15.4. The van der Waals surface area contributed by atoms with Gasteiger partial charge in [0.1, 0.15) is 5.01 Å². The average Bonchev–Trinajstić information content (AvgIpc) is 3.57. The van der Waals surface area contributed by atoms with Gasteiger partial charge in [-0.3, -0.25) is 4.79 Å². The summed E-state index contributed by atoms with van der Waals surface area (Å²) in [5.74, 6) is 1.01. The van der Waals surface area contributed by atoms with Crippen molar-refractivity contribution in [3.63, 3.8) is 0 Å². The van der Waals surface area contributed by atoms with Crippen molar-refractivity contribution in [1.29, 1.82) is 0 Å². The Morgan fingerprint density at radius 2 is 1.91 bits per heavy atom. The van der Waals surface area contributed by atoms with Crippen LogP contribution in [0.1, 0.15) is 23.8 Å². The number of thiophene rings is 1.